The SMILES string of the molecule is CC(C)(C)c1ncc(C(=O)N2CCc3[nH]cnc3C2c2cc3c(C(F)(F)F)cccn3n2)o1. The second kappa shape index (κ2) is 7.19. The quantitative estimate of drug-likeness (QED) is 0.487. The Morgan fingerprint density at radius 2 is 2.03 bits per heavy atom. The molecule has 0 aliphatic carbocycles. The van der Waals surface area contributed by atoms with Gasteiger partial charge in [-0.25, -0.2) is 14.5 Å². The molecule has 0 radical (unpaired) electrons. The van der Waals surface area contributed by atoms with Gasteiger partial charge < -0.3 is 14.3 Å². The largest absolute Gasteiger partial charge is 0.435 e. The van der Waals surface area contributed by atoms with Crippen molar-refractivity contribution >= 4 is 11.4 Å². The fraction of sp³-hybridized carbons (Fsp3) is 0.364. The number of imidazole rings is 1. The molecule has 5 heterocycles. The van der Waals surface area contributed by atoms with Gasteiger partial charge in [-0.2, -0.15) is 18.3 Å². The average Bonchev–Trinajstić information content (AvgIpc) is 3.49. The van der Waals surface area contributed by atoms with E-state index in [9.17, 15) is 18.0 Å². The maximum absolute atomic E-state index is 13.5. The molecule has 0 bridgehead atoms. The van der Waals surface area contributed by atoms with Crippen LogP contribution in [0.3, 0.4) is 0 Å². The predicted octanol–water partition coefficient (Wildman–Crippen LogP) is 4.15. The highest BCUT2D eigenvalue weighted by atomic mass is 19.4. The van der Waals surface area contributed by atoms with Crippen molar-refractivity contribution in [2.45, 2.75) is 44.8 Å². The summed E-state index contributed by atoms with van der Waals surface area (Å²) in [5.74, 6) is 0.0517. The Balaban J connectivity index is 1.61. The van der Waals surface area contributed by atoms with Gasteiger partial charge in [0.05, 0.1) is 35.0 Å². The van der Waals surface area contributed by atoms with E-state index >= 15 is 0 Å². The first kappa shape index (κ1) is 21.2. The second-order valence-electron chi connectivity index (χ2n) is 9.02. The summed E-state index contributed by atoms with van der Waals surface area (Å²) >= 11 is 0. The predicted molar refractivity (Wildman–Crippen MR) is 111 cm³/mol. The number of fused-ring (bicyclic) bond motifs is 2. The van der Waals surface area contributed by atoms with Gasteiger partial charge in [0, 0.05) is 30.3 Å². The number of hydrogen-bond donors (Lipinski definition) is 1. The van der Waals surface area contributed by atoms with Crippen LogP contribution in [0.4, 0.5) is 13.2 Å². The Morgan fingerprint density at radius 1 is 1.24 bits per heavy atom. The van der Waals surface area contributed by atoms with Crippen LogP contribution in [-0.2, 0) is 18.0 Å². The number of aromatic amines is 1. The maximum atomic E-state index is 13.5. The lowest BCUT2D eigenvalue weighted by Crippen LogP contribution is -2.40. The number of nitrogens with zero attached hydrogens (tertiary/aromatic N) is 5. The van der Waals surface area contributed by atoms with Crippen molar-refractivity contribution in [3.63, 3.8) is 0 Å². The topological polar surface area (TPSA) is 92.3 Å². The summed E-state index contributed by atoms with van der Waals surface area (Å²) in [5.41, 5.74) is 0.357. The van der Waals surface area contributed by atoms with Gasteiger partial charge in [0.1, 0.15) is 6.04 Å². The van der Waals surface area contributed by atoms with Crippen LogP contribution in [0, 0.1) is 0 Å². The molecule has 0 spiro atoms. The van der Waals surface area contributed by atoms with E-state index < -0.39 is 23.7 Å². The number of amides is 1. The Morgan fingerprint density at radius 3 is 2.73 bits per heavy atom. The third-order valence-corrected chi connectivity index (χ3v) is 5.65. The summed E-state index contributed by atoms with van der Waals surface area (Å²) in [6, 6.07) is 2.88. The van der Waals surface area contributed by atoms with E-state index in [0.29, 0.717) is 24.6 Å². The van der Waals surface area contributed by atoms with Gasteiger partial charge in [0.25, 0.3) is 5.91 Å². The molecule has 1 N–H and O–H groups in total. The van der Waals surface area contributed by atoms with Crippen molar-refractivity contribution in [2.24, 2.45) is 0 Å². The molecular formula is C22H21F3N6O2. The van der Waals surface area contributed by atoms with Crippen molar-refractivity contribution < 1.29 is 22.4 Å². The molecule has 1 amide bonds. The molecule has 0 fully saturated rings. The number of pyridine rings is 1. The van der Waals surface area contributed by atoms with Gasteiger partial charge in [-0.15, -0.1) is 0 Å². The fourth-order valence-corrected chi connectivity index (χ4v) is 4.06. The van der Waals surface area contributed by atoms with Gasteiger partial charge in [-0.05, 0) is 18.2 Å². The monoisotopic (exact) mass is 458 g/mol. The number of halogens is 3. The first-order chi connectivity index (χ1) is 15.5. The molecule has 33 heavy (non-hydrogen) atoms. The second-order valence-corrected chi connectivity index (χ2v) is 9.02. The zero-order chi connectivity index (χ0) is 23.5. The molecule has 5 rings (SSSR count). The standard InChI is InChI=1S/C22H21F3N6O2/c1-21(2,3)20-26-10-16(33-20)19(32)30-8-6-13-17(28-11-27-13)18(30)14-9-15-12(22(23,24)25)5-4-7-31(15)29-14/h4-5,7,9-11,18H,6,8H2,1-3H3,(H,27,28). The van der Waals surface area contributed by atoms with E-state index in [1.165, 1.54) is 40.3 Å². The lowest BCUT2D eigenvalue weighted by atomic mass is 9.97. The average molecular weight is 458 g/mol. The zero-order valence-corrected chi connectivity index (χ0v) is 18.1. The molecule has 11 heteroatoms. The maximum Gasteiger partial charge on any atom is 0.418 e. The highest BCUT2D eigenvalue weighted by Gasteiger charge is 2.39. The molecular weight excluding hydrogens is 437 g/mol. The minimum atomic E-state index is -4.54. The van der Waals surface area contributed by atoms with E-state index in [1.54, 1.807) is 0 Å². The lowest BCUT2D eigenvalue weighted by Gasteiger charge is -2.33. The number of carbonyl (C=O) groups excluding carboxylic acids is 1. The Kier molecular flexibility index (Phi) is 4.62. The number of rotatable bonds is 2. The molecule has 0 aromatic carbocycles. The van der Waals surface area contributed by atoms with Gasteiger partial charge in [0.15, 0.2) is 0 Å². The van der Waals surface area contributed by atoms with Crippen LogP contribution >= 0.6 is 0 Å². The third kappa shape index (κ3) is 3.57. The Labute approximate surface area is 186 Å². The van der Waals surface area contributed by atoms with Crippen LogP contribution in [0.5, 0.6) is 0 Å². The summed E-state index contributed by atoms with van der Waals surface area (Å²) in [6.45, 7) is 6.06. The molecule has 1 aliphatic heterocycles. The number of hydrogen-bond acceptors (Lipinski definition) is 5. The minimum Gasteiger partial charge on any atom is -0.435 e. The minimum absolute atomic E-state index is 0.0589. The highest BCUT2D eigenvalue weighted by molar-refractivity contribution is 5.92. The summed E-state index contributed by atoms with van der Waals surface area (Å²) < 4.78 is 47.5. The van der Waals surface area contributed by atoms with Crippen molar-refractivity contribution in [3.8, 4) is 0 Å². The van der Waals surface area contributed by atoms with Crippen LogP contribution in [0.1, 0.15) is 65.9 Å². The van der Waals surface area contributed by atoms with Crippen molar-refractivity contribution in [1.82, 2.24) is 29.5 Å². The Hall–Kier alpha value is -3.63. The number of aromatic nitrogens is 5. The third-order valence-electron chi connectivity index (χ3n) is 5.65. The smallest absolute Gasteiger partial charge is 0.418 e. The van der Waals surface area contributed by atoms with E-state index in [2.05, 4.69) is 20.1 Å². The summed E-state index contributed by atoms with van der Waals surface area (Å²) in [6.07, 6.45) is 0.308. The van der Waals surface area contributed by atoms with Gasteiger partial charge in [-0.1, -0.05) is 20.8 Å². The summed E-state index contributed by atoms with van der Waals surface area (Å²) in [7, 11) is 0. The highest BCUT2D eigenvalue weighted by Crippen LogP contribution is 2.37. The molecule has 172 valence electrons. The molecule has 8 nitrogen and oxygen atoms in total. The van der Waals surface area contributed by atoms with Crippen LogP contribution in [0.2, 0.25) is 0 Å². The molecule has 4 aromatic rings. The lowest BCUT2D eigenvalue weighted by molar-refractivity contribution is -0.136. The van der Waals surface area contributed by atoms with Crippen LogP contribution in [0.25, 0.3) is 5.52 Å². The van der Waals surface area contributed by atoms with Crippen molar-refractivity contribution in [3.05, 3.63) is 71.2 Å². The first-order valence-corrected chi connectivity index (χ1v) is 10.4. The van der Waals surface area contributed by atoms with Crippen LogP contribution in [0.15, 0.2) is 41.3 Å². The molecule has 0 saturated heterocycles. The first-order valence-electron chi connectivity index (χ1n) is 10.4. The molecule has 0 saturated carbocycles. The van der Waals surface area contributed by atoms with E-state index in [1.807, 2.05) is 20.8 Å². The normalized spacial score (nSPS) is 16.9. The number of carbonyl (C=O) groups is 1. The van der Waals surface area contributed by atoms with Gasteiger partial charge in [0.2, 0.25) is 11.7 Å². The number of oxazole rings is 1. The Bertz CT molecular complexity index is 1340. The number of H-pyrrole nitrogens is 1. The number of nitrogens with one attached hydrogen (secondary N) is 1. The summed E-state index contributed by atoms with van der Waals surface area (Å²) in [4.78, 5) is 26.6. The molecule has 1 aliphatic rings. The van der Waals surface area contributed by atoms with E-state index in [0.717, 1.165) is 11.8 Å². The molecule has 1 atom stereocenters. The van der Waals surface area contributed by atoms with Crippen molar-refractivity contribution in [1.29, 1.82) is 0 Å². The van der Waals surface area contributed by atoms with Gasteiger partial charge >= 0.3 is 6.18 Å². The zero-order valence-electron chi connectivity index (χ0n) is 18.1. The van der Waals surface area contributed by atoms with E-state index in [4.69, 9.17) is 4.42 Å². The summed E-state index contributed by atoms with van der Waals surface area (Å²) in [5, 5.41) is 4.38. The molecule has 1 unspecified atom stereocenters. The van der Waals surface area contributed by atoms with E-state index in [-0.39, 0.29) is 22.4 Å². The van der Waals surface area contributed by atoms with Crippen LogP contribution < -0.4 is 0 Å². The van der Waals surface area contributed by atoms with Crippen molar-refractivity contribution in [2.75, 3.05) is 6.54 Å². The van der Waals surface area contributed by atoms with Crippen LogP contribution in [-0.4, -0.2) is 41.9 Å². The number of alkyl halides is 3. The fourth-order valence-electron chi connectivity index (χ4n) is 4.06. The van der Waals surface area contributed by atoms with Gasteiger partial charge in [-0.3, -0.25) is 4.79 Å². The molecule has 4 aromatic heterocycles.